The Kier molecular flexibility index (Phi) is 33.5. The molecule has 0 saturated carbocycles. The van der Waals surface area contributed by atoms with E-state index in [0.29, 0.717) is 0 Å². The minimum absolute atomic E-state index is 0.176. The van der Waals surface area contributed by atoms with Gasteiger partial charge in [0.2, 0.25) is 0 Å². The standard InChI is InChI=1S/C28H58.C4H6O2/c1-3-5-7-9-11-13-15-17-19-21-23-25-27-28-26-24-22-20-18-16-14-12-10-8-6-4-2;1-3(2)4(5)6/h3-28H2,1-2H3;1H2,2H3,(H,5,6). The number of carbonyl (C=O) groups is 1. The Bertz CT molecular complexity index is 364. The molecule has 0 aromatic rings. The Hall–Kier alpha value is -0.790. The molecule has 0 heterocycles. The number of rotatable bonds is 26. The van der Waals surface area contributed by atoms with Crippen molar-refractivity contribution in [2.45, 2.75) is 188 Å². The van der Waals surface area contributed by atoms with Gasteiger partial charge in [-0.25, -0.2) is 4.79 Å². The Morgan fingerprint density at radius 3 is 0.647 bits per heavy atom. The van der Waals surface area contributed by atoms with Crippen LogP contribution in [-0.4, -0.2) is 11.1 Å². The lowest BCUT2D eigenvalue weighted by Gasteiger charge is -2.04. The average Bonchev–Trinajstić information content (AvgIpc) is 2.82. The lowest BCUT2D eigenvalue weighted by molar-refractivity contribution is -0.132. The molecule has 2 heteroatoms. The van der Waals surface area contributed by atoms with Gasteiger partial charge >= 0.3 is 5.97 Å². The minimum Gasteiger partial charge on any atom is -0.478 e. The molecule has 204 valence electrons. The molecule has 0 atom stereocenters. The third kappa shape index (κ3) is 35.8. The van der Waals surface area contributed by atoms with Gasteiger partial charge in [0.1, 0.15) is 0 Å². The zero-order valence-corrected chi connectivity index (χ0v) is 23.9. The van der Waals surface area contributed by atoms with Gasteiger partial charge in [0.25, 0.3) is 0 Å². The zero-order valence-electron chi connectivity index (χ0n) is 23.9. The SMILES string of the molecule is C=C(C)C(=O)O.CCCCCCCCCCCCCCCCCCCCCCCCCCCC. The van der Waals surface area contributed by atoms with E-state index in [4.69, 9.17) is 5.11 Å². The lowest BCUT2D eigenvalue weighted by Crippen LogP contribution is -1.92. The maximum atomic E-state index is 9.60. The fourth-order valence-corrected chi connectivity index (χ4v) is 4.39. The smallest absolute Gasteiger partial charge is 0.330 e. The van der Waals surface area contributed by atoms with Crippen LogP contribution in [0, 0.1) is 0 Å². The fraction of sp³-hybridized carbons (Fsp3) is 0.906. The van der Waals surface area contributed by atoms with E-state index >= 15 is 0 Å². The summed E-state index contributed by atoms with van der Waals surface area (Å²) in [5, 5.41) is 7.89. The highest BCUT2D eigenvalue weighted by Crippen LogP contribution is 2.15. The molecule has 0 rings (SSSR count). The molecule has 1 N–H and O–H groups in total. The summed E-state index contributed by atoms with van der Waals surface area (Å²) in [6.07, 6.45) is 38.4. The quantitative estimate of drug-likeness (QED) is 0.0986. The fourth-order valence-electron chi connectivity index (χ4n) is 4.39. The molecular weight excluding hydrogens is 416 g/mol. The summed E-state index contributed by atoms with van der Waals surface area (Å²) in [7, 11) is 0. The molecule has 0 fully saturated rings. The summed E-state index contributed by atoms with van der Waals surface area (Å²) in [4.78, 5) is 9.60. The maximum absolute atomic E-state index is 9.60. The molecule has 0 amide bonds. The summed E-state index contributed by atoms with van der Waals surface area (Å²) in [6.45, 7) is 9.21. The van der Waals surface area contributed by atoms with Crippen LogP contribution in [0.25, 0.3) is 0 Å². The average molecular weight is 481 g/mol. The summed E-state index contributed by atoms with van der Waals surface area (Å²) in [5.74, 6) is -0.935. The predicted molar refractivity (Wildman–Crippen MR) is 154 cm³/mol. The Labute approximate surface area is 215 Å². The molecule has 0 aliphatic carbocycles. The summed E-state index contributed by atoms with van der Waals surface area (Å²) >= 11 is 0. The Morgan fingerprint density at radius 1 is 0.441 bits per heavy atom. The van der Waals surface area contributed by atoms with Crippen molar-refractivity contribution in [3.8, 4) is 0 Å². The van der Waals surface area contributed by atoms with Crippen LogP contribution >= 0.6 is 0 Å². The van der Waals surface area contributed by atoms with Crippen molar-refractivity contribution in [2.75, 3.05) is 0 Å². The second-order valence-electron chi connectivity index (χ2n) is 10.6. The molecular formula is C32H64O2. The van der Waals surface area contributed by atoms with Gasteiger partial charge in [0.05, 0.1) is 0 Å². The first-order valence-electron chi connectivity index (χ1n) is 15.4. The number of carboxylic acids is 1. The van der Waals surface area contributed by atoms with Crippen LogP contribution < -0.4 is 0 Å². The van der Waals surface area contributed by atoms with Crippen molar-refractivity contribution in [1.29, 1.82) is 0 Å². The Balaban J connectivity index is 0. The molecule has 0 aliphatic heterocycles. The van der Waals surface area contributed by atoms with E-state index in [9.17, 15) is 4.79 Å². The Morgan fingerprint density at radius 2 is 0.559 bits per heavy atom. The number of carboxylic acid groups (broad SMARTS) is 1. The topological polar surface area (TPSA) is 37.3 Å². The summed E-state index contributed by atoms with van der Waals surface area (Å²) in [6, 6.07) is 0. The van der Waals surface area contributed by atoms with Crippen LogP contribution in [0.2, 0.25) is 0 Å². The van der Waals surface area contributed by atoms with Crippen LogP contribution in [0.5, 0.6) is 0 Å². The van der Waals surface area contributed by atoms with Crippen LogP contribution in [0.15, 0.2) is 12.2 Å². The van der Waals surface area contributed by atoms with Gasteiger partial charge in [0.15, 0.2) is 0 Å². The first kappa shape index (κ1) is 35.4. The highest BCUT2D eigenvalue weighted by Gasteiger charge is 1.96. The molecule has 0 bridgehead atoms. The molecule has 0 saturated heterocycles. The van der Waals surface area contributed by atoms with Gasteiger partial charge < -0.3 is 5.11 Å². The first-order chi connectivity index (χ1) is 16.6. The number of unbranched alkanes of at least 4 members (excludes halogenated alkanes) is 25. The van der Waals surface area contributed by atoms with Gasteiger partial charge in [0, 0.05) is 5.57 Å². The van der Waals surface area contributed by atoms with Crippen LogP contribution in [0.1, 0.15) is 188 Å². The third-order valence-electron chi connectivity index (χ3n) is 6.82. The van der Waals surface area contributed by atoms with Gasteiger partial charge in [-0.15, -0.1) is 0 Å². The highest BCUT2D eigenvalue weighted by molar-refractivity contribution is 5.84. The molecule has 0 unspecified atom stereocenters. The van der Waals surface area contributed by atoms with Crippen LogP contribution in [0.4, 0.5) is 0 Å². The van der Waals surface area contributed by atoms with E-state index in [0.717, 1.165) is 0 Å². The van der Waals surface area contributed by atoms with Gasteiger partial charge in [-0.2, -0.15) is 0 Å². The molecule has 34 heavy (non-hydrogen) atoms. The largest absolute Gasteiger partial charge is 0.478 e. The van der Waals surface area contributed by atoms with Crippen molar-refractivity contribution in [3.05, 3.63) is 12.2 Å². The number of hydrogen-bond donors (Lipinski definition) is 1. The molecule has 0 spiro atoms. The van der Waals surface area contributed by atoms with E-state index in [2.05, 4.69) is 20.4 Å². The van der Waals surface area contributed by atoms with E-state index in [-0.39, 0.29) is 5.57 Å². The predicted octanol–water partition coefficient (Wildman–Crippen LogP) is 11.8. The van der Waals surface area contributed by atoms with Crippen molar-refractivity contribution >= 4 is 5.97 Å². The van der Waals surface area contributed by atoms with E-state index in [1.165, 1.54) is 174 Å². The van der Waals surface area contributed by atoms with Crippen molar-refractivity contribution < 1.29 is 9.90 Å². The molecule has 0 radical (unpaired) electrons. The first-order valence-corrected chi connectivity index (χ1v) is 15.4. The van der Waals surface area contributed by atoms with E-state index in [1.54, 1.807) is 0 Å². The molecule has 0 aliphatic rings. The maximum Gasteiger partial charge on any atom is 0.330 e. The monoisotopic (exact) mass is 480 g/mol. The van der Waals surface area contributed by atoms with E-state index in [1.807, 2.05) is 0 Å². The highest BCUT2D eigenvalue weighted by atomic mass is 16.4. The summed E-state index contributed by atoms with van der Waals surface area (Å²) < 4.78 is 0. The number of hydrogen-bond acceptors (Lipinski definition) is 1. The van der Waals surface area contributed by atoms with Crippen molar-refractivity contribution in [1.82, 2.24) is 0 Å². The van der Waals surface area contributed by atoms with Crippen molar-refractivity contribution in [3.63, 3.8) is 0 Å². The lowest BCUT2D eigenvalue weighted by atomic mass is 10.0. The van der Waals surface area contributed by atoms with Crippen LogP contribution in [-0.2, 0) is 4.79 Å². The normalized spacial score (nSPS) is 10.7. The van der Waals surface area contributed by atoms with Gasteiger partial charge in [-0.05, 0) is 6.92 Å². The second kappa shape index (κ2) is 32.2. The summed E-state index contributed by atoms with van der Waals surface area (Å²) in [5.41, 5.74) is 0.176. The zero-order chi connectivity index (χ0) is 25.5. The van der Waals surface area contributed by atoms with Gasteiger partial charge in [-0.3, -0.25) is 0 Å². The molecule has 2 nitrogen and oxygen atoms in total. The van der Waals surface area contributed by atoms with E-state index < -0.39 is 5.97 Å². The molecule has 0 aromatic heterocycles. The molecule has 0 aromatic carbocycles. The van der Waals surface area contributed by atoms with Crippen molar-refractivity contribution in [2.24, 2.45) is 0 Å². The second-order valence-corrected chi connectivity index (χ2v) is 10.6. The minimum atomic E-state index is -0.935. The number of aliphatic carboxylic acids is 1. The van der Waals surface area contributed by atoms with Crippen LogP contribution in [0.3, 0.4) is 0 Å². The van der Waals surface area contributed by atoms with Gasteiger partial charge in [-0.1, -0.05) is 187 Å². The third-order valence-corrected chi connectivity index (χ3v) is 6.82.